The maximum absolute atomic E-state index is 13.5. The number of hydrogen-bond donors (Lipinski definition) is 2. The van der Waals surface area contributed by atoms with Gasteiger partial charge in [-0.1, -0.05) is 17.9 Å². The molecule has 11 heteroatoms. The van der Waals surface area contributed by atoms with Crippen LogP contribution in [0.4, 0.5) is 0 Å². The lowest BCUT2D eigenvalue weighted by atomic mass is 9.71. The number of carbonyl (C=O) groups excluding carboxylic acids is 1. The van der Waals surface area contributed by atoms with Crippen LogP contribution in [-0.2, 0) is 17.6 Å². The van der Waals surface area contributed by atoms with Gasteiger partial charge in [0.05, 0.1) is 37.8 Å². The Balaban J connectivity index is 1.46. The standard InChI is InChI=1S/C34H39N5O6/c1-17-11-20-12-22-24(14-35)39-23(28(38(22)5)26(20)29(40)30(17)42-6)13-21-27-25(39)15-36-34(41)19(3)37(4)9-7-8-10-43-31(21)18(2)32-33(27)45-16-44-32/h11,19,22-25,28,40H,9-10,12-13,15-16H2,1-6H3,(H,36,41)/t19-,22-,23-,24-,25?,28-/m0/s1. The van der Waals surface area contributed by atoms with Crippen molar-refractivity contribution < 1.29 is 28.8 Å². The normalized spacial score (nSPS) is 29.1. The quantitative estimate of drug-likeness (QED) is 0.464. The maximum Gasteiger partial charge on any atom is 0.237 e. The third-order valence-corrected chi connectivity index (χ3v) is 10.5. The fourth-order valence-corrected chi connectivity index (χ4v) is 8.25. The van der Waals surface area contributed by atoms with Crippen LogP contribution in [-0.4, -0.2) is 97.6 Å². The van der Waals surface area contributed by atoms with E-state index in [2.05, 4.69) is 39.1 Å². The molecule has 5 aliphatic rings. The largest absolute Gasteiger partial charge is 0.504 e. The molecule has 0 saturated carbocycles. The van der Waals surface area contributed by atoms with Crippen molar-refractivity contribution in [3.8, 4) is 46.7 Å². The highest BCUT2D eigenvalue weighted by Gasteiger charge is 2.56. The molecule has 5 heterocycles. The van der Waals surface area contributed by atoms with Gasteiger partial charge in [-0.2, -0.15) is 5.26 Å². The minimum Gasteiger partial charge on any atom is -0.504 e. The number of carbonyl (C=O) groups is 1. The van der Waals surface area contributed by atoms with Gasteiger partial charge < -0.3 is 29.4 Å². The van der Waals surface area contributed by atoms with Crippen molar-refractivity contribution in [2.45, 2.75) is 69.9 Å². The molecule has 45 heavy (non-hydrogen) atoms. The van der Waals surface area contributed by atoms with Crippen molar-refractivity contribution in [2.24, 2.45) is 0 Å². The van der Waals surface area contributed by atoms with Crippen LogP contribution < -0.4 is 24.3 Å². The van der Waals surface area contributed by atoms with Crippen molar-refractivity contribution in [1.82, 2.24) is 20.0 Å². The lowest BCUT2D eigenvalue weighted by Gasteiger charge is -2.60. The van der Waals surface area contributed by atoms with Gasteiger partial charge in [0.2, 0.25) is 12.7 Å². The van der Waals surface area contributed by atoms with Gasteiger partial charge in [0.15, 0.2) is 23.0 Å². The molecule has 1 saturated heterocycles. The predicted octanol–water partition coefficient (Wildman–Crippen LogP) is 2.35. The van der Waals surface area contributed by atoms with E-state index >= 15 is 0 Å². The number of nitriles is 1. The number of aryl methyl sites for hydroxylation is 1. The number of nitrogens with zero attached hydrogens (tertiary/aromatic N) is 4. The van der Waals surface area contributed by atoms with Crippen LogP contribution in [0.5, 0.6) is 28.7 Å². The summed E-state index contributed by atoms with van der Waals surface area (Å²) in [5, 5.41) is 25.7. The number of phenols is 1. The summed E-state index contributed by atoms with van der Waals surface area (Å²) in [6.07, 6.45) is 1.11. The van der Waals surface area contributed by atoms with Gasteiger partial charge in [-0.15, -0.1) is 0 Å². The lowest BCUT2D eigenvalue weighted by Crippen LogP contribution is -2.69. The third-order valence-electron chi connectivity index (χ3n) is 10.5. The zero-order chi connectivity index (χ0) is 31.7. The number of fused-ring (bicyclic) bond motifs is 8. The first-order valence-electron chi connectivity index (χ1n) is 15.5. The van der Waals surface area contributed by atoms with E-state index in [9.17, 15) is 15.2 Å². The number of ether oxygens (including phenoxy) is 4. The number of methoxy groups -OCH3 is 1. The average molecular weight is 614 g/mol. The molecule has 1 unspecified atom stereocenters. The van der Waals surface area contributed by atoms with E-state index in [1.54, 1.807) is 7.11 Å². The minimum absolute atomic E-state index is 0.0757. The van der Waals surface area contributed by atoms with Crippen LogP contribution in [0.3, 0.4) is 0 Å². The minimum atomic E-state index is -0.502. The molecule has 7 rings (SSSR count). The van der Waals surface area contributed by atoms with Crippen LogP contribution in [0.1, 0.15) is 52.4 Å². The van der Waals surface area contributed by atoms with E-state index in [1.807, 2.05) is 39.8 Å². The average Bonchev–Trinajstić information content (AvgIpc) is 3.51. The third kappa shape index (κ3) is 4.33. The summed E-state index contributed by atoms with van der Waals surface area (Å²) in [5.74, 6) is 8.68. The first-order chi connectivity index (χ1) is 21.7. The SMILES string of the molecule is COc1c(C)cc2c(c1O)[C@@H]1[C@@H]3Cc4c5c(C)c6c(c4C(CNC(=O)[C@H](C)N(C)CC#CCO5)N3[C@@H](C#N)[C@H](C2)N1C)OCO6. The van der Waals surface area contributed by atoms with Gasteiger partial charge in [0, 0.05) is 40.9 Å². The van der Waals surface area contributed by atoms with E-state index in [4.69, 9.17) is 18.9 Å². The summed E-state index contributed by atoms with van der Waals surface area (Å²) in [7, 11) is 5.49. The summed E-state index contributed by atoms with van der Waals surface area (Å²) in [5.41, 5.74) is 5.37. The molecule has 1 amide bonds. The van der Waals surface area contributed by atoms with Crippen LogP contribution in [0.15, 0.2) is 6.07 Å². The van der Waals surface area contributed by atoms with Crippen LogP contribution >= 0.6 is 0 Å². The molecule has 1 fully saturated rings. The van der Waals surface area contributed by atoms with Gasteiger partial charge in [-0.3, -0.25) is 19.5 Å². The second-order valence-electron chi connectivity index (χ2n) is 12.7. The molecule has 6 bridgehead atoms. The van der Waals surface area contributed by atoms with Crippen molar-refractivity contribution in [1.29, 1.82) is 5.26 Å². The molecule has 2 aromatic rings. The molecule has 0 radical (unpaired) electrons. The number of piperazine rings is 1. The monoisotopic (exact) mass is 613 g/mol. The fourth-order valence-electron chi connectivity index (χ4n) is 8.25. The second-order valence-corrected chi connectivity index (χ2v) is 12.7. The fraction of sp³-hybridized carbons (Fsp3) is 0.529. The van der Waals surface area contributed by atoms with E-state index in [-0.39, 0.29) is 49.7 Å². The Hall–Kier alpha value is -4.16. The van der Waals surface area contributed by atoms with Gasteiger partial charge in [-0.25, -0.2) is 0 Å². The molecular weight excluding hydrogens is 574 g/mol. The Morgan fingerprint density at radius 2 is 1.87 bits per heavy atom. The first kappa shape index (κ1) is 29.5. The highest BCUT2D eigenvalue weighted by Crippen LogP contribution is 2.58. The van der Waals surface area contributed by atoms with Crippen molar-refractivity contribution in [3.05, 3.63) is 39.4 Å². The number of likely N-dealkylation sites (N-methyl/N-ethyl adjacent to an activating group) is 2. The topological polar surface area (TPSA) is 120 Å². The smallest absolute Gasteiger partial charge is 0.237 e. The number of amides is 1. The van der Waals surface area contributed by atoms with E-state index in [0.29, 0.717) is 42.4 Å². The number of aromatic hydroxyl groups is 1. The molecule has 2 N–H and O–H groups in total. The lowest BCUT2D eigenvalue weighted by molar-refractivity contribution is -0.126. The first-order valence-corrected chi connectivity index (χ1v) is 15.5. The summed E-state index contributed by atoms with van der Waals surface area (Å²) < 4.78 is 24.3. The molecule has 0 spiro atoms. The van der Waals surface area contributed by atoms with Gasteiger partial charge >= 0.3 is 0 Å². The van der Waals surface area contributed by atoms with Gasteiger partial charge in [0.25, 0.3) is 0 Å². The second kappa shape index (κ2) is 11.0. The Labute approximate surface area is 263 Å². The van der Waals surface area contributed by atoms with Crippen LogP contribution in [0.2, 0.25) is 0 Å². The van der Waals surface area contributed by atoms with Gasteiger partial charge in [0.1, 0.15) is 18.4 Å². The van der Waals surface area contributed by atoms with Gasteiger partial charge in [-0.05, 0) is 58.8 Å². The van der Waals surface area contributed by atoms with Crippen molar-refractivity contribution in [3.63, 3.8) is 0 Å². The molecule has 0 aliphatic carbocycles. The van der Waals surface area contributed by atoms with Crippen molar-refractivity contribution in [2.75, 3.05) is 47.7 Å². The molecule has 0 aromatic heterocycles. The summed E-state index contributed by atoms with van der Waals surface area (Å²) in [6.45, 7) is 6.68. The highest BCUT2D eigenvalue weighted by molar-refractivity contribution is 5.81. The summed E-state index contributed by atoms with van der Waals surface area (Å²) in [6, 6.07) is 2.75. The Kier molecular flexibility index (Phi) is 7.24. The van der Waals surface area contributed by atoms with Crippen molar-refractivity contribution >= 4 is 5.91 Å². The van der Waals surface area contributed by atoms with Crippen LogP contribution in [0.25, 0.3) is 0 Å². The number of phenolic OH excluding ortho intramolecular Hbond substituents is 1. The van der Waals surface area contributed by atoms with E-state index in [0.717, 1.165) is 33.4 Å². The maximum atomic E-state index is 13.5. The highest BCUT2D eigenvalue weighted by atomic mass is 16.7. The molecular formula is C34H39N5O6. The number of nitrogens with one attached hydrogen (secondary N) is 1. The van der Waals surface area contributed by atoms with Crippen LogP contribution in [0, 0.1) is 37.0 Å². The Morgan fingerprint density at radius 3 is 2.62 bits per heavy atom. The zero-order valence-corrected chi connectivity index (χ0v) is 26.6. The number of benzene rings is 2. The summed E-state index contributed by atoms with van der Waals surface area (Å²) >= 11 is 0. The summed E-state index contributed by atoms with van der Waals surface area (Å²) in [4.78, 5) is 19.9. The predicted molar refractivity (Wildman–Crippen MR) is 165 cm³/mol. The molecule has 11 nitrogen and oxygen atoms in total. The number of hydrogen-bond acceptors (Lipinski definition) is 10. The Bertz CT molecular complexity index is 1690. The number of rotatable bonds is 1. The van der Waals surface area contributed by atoms with E-state index in [1.165, 1.54) is 0 Å². The molecule has 2 aromatic carbocycles. The Morgan fingerprint density at radius 1 is 1.09 bits per heavy atom. The zero-order valence-electron chi connectivity index (χ0n) is 26.6. The molecule has 236 valence electrons. The molecule has 6 atom stereocenters. The molecule has 5 aliphatic heterocycles. The van der Waals surface area contributed by atoms with E-state index < -0.39 is 18.1 Å².